The van der Waals surface area contributed by atoms with Crippen molar-refractivity contribution in [3.05, 3.63) is 59.4 Å². The molecule has 0 radical (unpaired) electrons. The highest BCUT2D eigenvalue weighted by Gasteiger charge is 2.25. The first-order chi connectivity index (χ1) is 13.6. The molecule has 1 aliphatic heterocycles. The maximum Gasteiger partial charge on any atom is 0.318 e. The van der Waals surface area contributed by atoms with Crippen LogP contribution in [-0.2, 0) is 13.1 Å². The quantitative estimate of drug-likeness (QED) is 0.712. The minimum Gasteiger partial charge on any atom is -0.504 e. The summed E-state index contributed by atoms with van der Waals surface area (Å²) in [5.41, 5.74) is 1.72. The molecule has 0 unspecified atom stereocenters. The number of nitrogens with one attached hydrogen (secondary N) is 2. The summed E-state index contributed by atoms with van der Waals surface area (Å²) in [6.45, 7) is 2.48. The van der Waals surface area contributed by atoms with Crippen molar-refractivity contribution >= 4 is 6.03 Å². The highest BCUT2D eigenvalue weighted by molar-refractivity contribution is 5.74. The Hall–Kier alpha value is -2.80. The van der Waals surface area contributed by atoms with E-state index < -0.39 is 0 Å². The van der Waals surface area contributed by atoms with E-state index in [1.54, 1.807) is 30.3 Å². The minimum absolute atomic E-state index is 0.0604. The molecule has 2 aromatic rings. The number of hydrogen-bond donors (Lipinski definition) is 3. The highest BCUT2D eigenvalue weighted by atomic mass is 19.1. The fourth-order valence-electron chi connectivity index (χ4n) is 3.38. The Labute approximate surface area is 164 Å². The number of piperidine rings is 1. The Kier molecular flexibility index (Phi) is 6.71. The summed E-state index contributed by atoms with van der Waals surface area (Å²) in [5.74, 6) is 0.140. The average molecular weight is 387 g/mol. The molecule has 1 heterocycles. The number of urea groups is 1. The molecule has 0 saturated carbocycles. The zero-order valence-corrected chi connectivity index (χ0v) is 16.0. The lowest BCUT2D eigenvalue weighted by molar-refractivity contribution is 0.154. The maximum atomic E-state index is 13.2. The average Bonchev–Trinajstić information content (AvgIpc) is 2.73. The molecule has 0 atom stereocenters. The van der Waals surface area contributed by atoms with E-state index in [4.69, 9.17) is 4.74 Å². The second-order valence-electron chi connectivity index (χ2n) is 6.90. The molecular weight excluding hydrogens is 361 g/mol. The molecule has 0 aliphatic carbocycles. The van der Waals surface area contributed by atoms with Gasteiger partial charge in [-0.15, -0.1) is 0 Å². The van der Waals surface area contributed by atoms with E-state index in [2.05, 4.69) is 10.6 Å². The van der Waals surface area contributed by atoms with Gasteiger partial charge in [0.25, 0.3) is 0 Å². The van der Waals surface area contributed by atoms with Gasteiger partial charge in [0.1, 0.15) is 5.82 Å². The predicted octanol–water partition coefficient (Wildman–Crippen LogP) is 3.00. The number of benzene rings is 2. The number of phenolic OH excluding ortho intramolecular Hbond substituents is 1. The van der Waals surface area contributed by atoms with Crippen LogP contribution in [-0.4, -0.2) is 42.3 Å². The van der Waals surface area contributed by atoms with E-state index >= 15 is 0 Å². The van der Waals surface area contributed by atoms with Crippen LogP contribution in [0.3, 0.4) is 0 Å². The molecule has 3 rings (SSSR count). The SMILES string of the molecule is COc1cc(CNC(=O)N(Cc2ccc(F)cc2)C2CCNCC2)ccc1O. The summed E-state index contributed by atoms with van der Waals surface area (Å²) >= 11 is 0. The van der Waals surface area contributed by atoms with Gasteiger partial charge in [0, 0.05) is 19.1 Å². The van der Waals surface area contributed by atoms with Crippen molar-refractivity contribution in [3.8, 4) is 11.5 Å². The van der Waals surface area contributed by atoms with Crippen LogP contribution in [0.4, 0.5) is 9.18 Å². The van der Waals surface area contributed by atoms with Gasteiger partial charge < -0.3 is 25.4 Å². The van der Waals surface area contributed by atoms with Crippen molar-refractivity contribution in [2.24, 2.45) is 0 Å². The standard InChI is InChI=1S/C21H26FN3O3/c1-28-20-12-16(4-7-19(20)26)13-24-21(27)25(18-8-10-23-11-9-18)14-15-2-5-17(22)6-3-15/h2-7,12,18,23,26H,8-11,13-14H2,1H3,(H,24,27). The molecule has 1 saturated heterocycles. The van der Waals surface area contributed by atoms with Gasteiger partial charge in [-0.25, -0.2) is 9.18 Å². The second-order valence-corrected chi connectivity index (χ2v) is 6.90. The number of nitrogens with zero attached hydrogens (tertiary/aromatic N) is 1. The zero-order chi connectivity index (χ0) is 19.9. The number of amides is 2. The molecule has 2 amide bonds. The van der Waals surface area contributed by atoms with Crippen LogP contribution in [0.25, 0.3) is 0 Å². The number of aromatic hydroxyl groups is 1. The van der Waals surface area contributed by atoms with Gasteiger partial charge in [-0.2, -0.15) is 0 Å². The van der Waals surface area contributed by atoms with E-state index in [0.717, 1.165) is 37.1 Å². The third-order valence-electron chi connectivity index (χ3n) is 4.96. The number of methoxy groups -OCH3 is 1. The van der Waals surface area contributed by atoms with Crippen molar-refractivity contribution < 1.29 is 19.0 Å². The van der Waals surface area contributed by atoms with Gasteiger partial charge in [-0.3, -0.25) is 0 Å². The Balaban J connectivity index is 1.69. The van der Waals surface area contributed by atoms with Crippen molar-refractivity contribution in [2.75, 3.05) is 20.2 Å². The summed E-state index contributed by atoms with van der Waals surface area (Å²) in [4.78, 5) is 14.8. The molecule has 1 fully saturated rings. The van der Waals surface area contributed by atoms with E-state index in [0.29, 0.717) is 18.8 Å². The number of ether oxygens (including phenoxy) is 1. The van der Waals surface area contributed by atoms with Crippen LogP contribution in [0.2, 0.25) is 0 Å². The highest BCUT2D eigenvalue weighted by Crippen LogP contribution is 2.26. The van der Waals surface area contributed by atoms with Crippen molar-refractivity contribution in [1.82, 2.24) is 15.5 Å². The van der Waals surface area contributed by atoms with Crippen LogP contribution in [0.5, 0.6) is 11.5 Å². The van der Waals surface area contributed by atoms with Crippen LogP contribution in [0, 0.1) is 5.82 Å². The van der Waals surface area contributed by atoms with E-state index in [-0.39, 0.29) is 23.6 Å². The molecule has 3 N–H and O–H groups in total. The third-order valence-corrected chi connectivity index (χ3v) is 4.96. The number of carbonyl (C=O) groups is 1. The Morgan fingerprint density at radius 1 is 1.21 bits per heavy atom. The predicted molar refractivity (Wildman–Crippen MR) is 105 cm³/mol. The summed E-state index contributed by atoms with van der Waals surface area (Å²) in [5, 5.41) is 16.0. The lowest BCUT2D eigenvalue weighted by Gasteiger charge is -2.35. The van der Waals surface area contributed by atoms with Crippen molar-refractivity contribution in [3.63, 3.8) is 0 Å². The molecule has 0 aromatic heterocycles. The zero-order valence-electron chi connectivity index (χ0n) is 16.0. The van der Waals surface area contributed by atoms with Gasteiger partial charge in [-0.1, -0.05) is 18.2 Å². The van der Waals surface area contributed by atoms with Gasteiger partial charge in [0.05, 0.1) is 7.11 Å². The van der Waals surface area contributed by atoms with Gasteiger partial charge in [0.15, 0.2) is 11.5 Å². The summed E-state index contributed by atoms with van der Waals surface area (Å²) in [7, 11) is 1.49. The summed E-state index contributed by atoms with van der Waals surface area (Å²) in [6.07, 6.45) is 1.75. The molecule has 2 aromatic carbocycles. The molecule has 7 heteroatoms. The second kappa shape index (κ2) is 9.41. The van der Waals surface area contributed by atoms with E-state index in [1.807, 2.05) is 4.90 Å². The van der Waals surface area contributed by atoms with Crippen molar-refractivity contribution in [1.29, 1.82) is 0 Å². The number of rotatable bonds is 6. The Morgan fingerprint density at radius 2 is 1.89 bits per heavy atom. The van der Waals surface area contributed by atoms with Crippen LogP contribution < -0.4 is 15.4 Å². The molecular formula is C21H26FN3O3. The molecule has 6 nitrogen and oxygen atoms in total. The fraction of sp³-hybridized carbons (Fsp3) is 0.381. The first kappa shape index (κ1) is 19.9. The number of halogens is 1. The molecule has 1 aliphatic rings. The topological polar surface area (TPSA) is 73.8 Å². The fourth-order valence-corrected chi connectivity index (χ4v) is 3.38. The molecule has 150 valence electrons. The number of hydrogen-bond acceptors (Lipinski definition) is 4. The summed E-state index contributed by atoms with van der Waals surface area (Å²) < 4.78 is 18.3. The lowest BCUT2D eigenvalue weighted by Crippen LogP contribution is -2.49. The largest absolute Gasteiger partial charge is 0.504 e. The smallest absolute Gasteiger partial charge is 0.318 e. The van der Waals surface area contributed by atoms with Crippen LogP contribution in [0.1, 0.15) is 24.0 Å². The molecule has 0 bridgehead atoms. The summed E-state index contributed by atoms with van der Waals surface area (Å²) in [6, 6.07) is 11.2. The minimum atomic E-state index is -0.289. The van der Waals surface area contributed by atoms with Gasteiger partial charge in [-0.05, 0) is 61.3 Å². The first-order valence-corrected chi connectivity index (χ1v) is 9.42. The lowest BCUT2D eigenvalue weighted by atomic mass is 10.0. The first-order valence-electron chi connectivity index (χ1n) is 9.42. The van der Waals surface area contributed by atoms with Crippen LogP contribution >= 0.6 is 0 Å². The van der Waals surface area contributed by atoms with Gasteiger partial charge >= 0.3 is 6.03 Å². The Morgan fingerprint density at radius 3 is 2.57 bits per heavy atom. The number of carbonyl (C=O) groups excluding carboxylic acids is 1. The number of phenols is 1. The third kappa shape index (κ3) is 5.13. The molecule has 28 heavy (non-hydrogen) atoms. The van der Waals surface area contributed by atoms with E-state index in [1.165, 1.54) is 19.2 Å². The van der Waals surface area contributed by atoms with Crippen molar-refractivity contribution in [2.45, 2.75) is 32.0 Å². The van der Waals surface area contributed by atoms with Gasteiger partial charge in [0.2, 0.25) is 0 Å². The maximum absolute atomic E-state index is 13.2. The molecule has 0 spiro atoms. The normalized spacial score (nSPS) is 14.5. The Bertz CT molecular complexity index is 792. The van der Waals surface area contributed by atoms with E-state index in [9.17, 15) is 14.3 Å². The van der Waals surface area contributed by atoms with Crippen LogP contribution in [0.15, 0.2) is 42.5 Å². The monoisotopic (exact) mass is 387 g/mol.